The van der Waals surface area contributed by atoms with Crippen molar-refractivity contribution in [3.63, 3.8) is 0 Å². The molecule has 102 valence electrons. The van der Waals surface area contributed by atoms with E-state index in [0.29, 0.717) is 17.0 Å². The van der Waals surface area contributed by atoms with Crippen molar-refractivity contribution in [3.8, 4) is 22.8 Å². The number of aromatic nitrogens is 2. The molecule has 4 N–H and O–H groups in total. The summed E-state index contributed by atoms with van der Waals surface area (Å²) in [6.45, 7) is 2.07. The molecule has 0 radical (unpaired) electrons. The first-order valence-corrected chi connectivity index (χ1v) is 5.85. The zero-order chi connectivity index (χ0) is 14.0. The van der Waals surface area contributed by atoms with Crippen molar-refractivity contribution in [2.45, 2.75) is 13.5 Å². The Kier molecular flexibility index (Phi) is 3.62. The van der Waals surface area contributed by atoms with Crippen LogP contribution in [0.4, 0.5) is 0 Å². The van der Waals surface area contributed by atoms with Crippen LogP contribution < -0.4 is 20.8 Å². The average molecular weight is 263 g/mol. The Morgan fingerprint density at radius 1 is 1.16 bits per heavy atom. The molecule has 0 amide bonds. The summed E-state index contributed by atoms with van der Waals surface area (Å²) in [5, 5.41) is 5.37. The molecule has 0 fully saturated rings. The van der Waals surface area contributed by atoms with E-state index in [9.17, 15) is 4.79 Å². The lowest BCUT2D eigenvalue weighted by molar-refractivity contribution is 0.401. The van der Waals surface area contributed by atoms with E-state index in [0.717, 1.165) is 16.9 Å². The van der Waals surface area contributed by atoms with E-state index in [4.69, 9.17) is 15.2 Å². The predicted molar refractivity (Wildman–Crippen MR) is 72.6 cm³/mol. The lowest BCUT2D eigenvalue weighted by atomic mass is 10.0. The molecular formula is C13H17N3O3. The van der Waals surface area contributed by atoms with Crippen LogP contribution in [-0.2, 0) is 6.54 Å². The van der Waals surface area contributed by atoms with Gasteiger partial charge < -0.3 is 15.2 Å². The number of nitrogens with one attached hydrogen (secondary N) is 2. The van der Waals surface area contributed by atoms with Crippen molar-refractivity contribution in [2.24, 2.45) is 5.73 Å². The van der Waals surface area contributed by atoms with Crippen molar-refractivity contribution in [1.82, 2.24) is 10.2 Å². The van der Waals surface area contributed by atoms with Crippen molar-refractivity contribution in [2.75, 3.05) is 14.2 Å². The molecule has 19 heavy (non-hydrogen) atoms. The summed E-state index contributed by atoms with van der Waals surface area (Å²) in [6.07, 6.45) is 0. The standard InChI is InChI=1S/C13H17N3O3/c1-7-4-11(19-3)8(5-10(7)18-2)12-9(6-14)13(17)16-15-12/h4-5H,6,14H2,1-3H3,(H2,15,16,17). The Bertz CT molecular complexity index is 643. The van der Waals surface area contributed by atoms with Gasteiger partial charge in [0.2, 0.25) is 0 Å². The quantitative estimate of drug-likeness (QED) is 0.771. The van der Waals surface area contributed by atoms with Crippen LogP contribution >= 0.6 is 0 Å². The highest BCUT2D eigenvalue weighted by atomic mass is 16.5. The molecule has 0 aliphatic carbocycles. The van der Waals surface area contributed by atoms with E-state index in [1.807, 2.05) is 19.1 Å². The van der Waals surface area contributed by atoms with Crippen LogP contribution in [0.25, 0.3) is 11.3 Å². The van der Waals surface area contributed by atoms with Gasteiger partial charge in [0.25, 0.3) is 5.56 Å². The molecule has 0 unspecified atom stereocenters. The van der Waals surface area contributed by atoms with Gasteiger partial charge in [-0.2, -0.15) is 0 Å². The summed E-state index contributed by atoms with van der Waals surface area (Å²) >= 11 is 0. The van der Waals surface area contributed by atoms with Gasteiger partial charge >= 0.3 is 0 Å². The fraction of sp³-hybridized carbons (Fsp3) is 0.308. The number of rotatable bonds is 4. The molecule has 0 aliphatic rings. The molecule has 6 heteroatoms. The van der Waals surface area contributed by atoms with E-state index in [-0.39, 0.29) is 12.1 Å². The molecule has 1 heterocycles. The number of hydrogen-bond donors (Lipinski definition) is 3. The first kappa shape index (κ1) is 13.2. The van der Waals surface area contributed by atoms with Crippen LogP contribution in [0.15, 0.2) is 16.9 Å². The Balaban J connectivity index is 2.69. The summed E-state index contributed by atoms with van der Waals surface area (Å²) in [5.74, 6) is 1.38. The molecule has 0 saturated carbocycles. The largest absolute Gasteiger partial charge is 0.496 e. The van der Waals surface area contributed by atoms with Gasteiger partial charge in [-0.15, -0.1) is 0 Å². The molecular weight excluding hydrogens is 246 g/mol. The maximum Gasteiger partial charge on any atom is 0.269 e. The van der Waals surface area contributed by atoms with Crippen molar-refractivity contribution < 1.29 is 9.47 Å². The van der Waals surface area contributed by atoms with Crippen LogP contribution in [0.2, 0.25) is 0 Å². The van der Waals surface area contributed by atoms with Crippen LogP contribution in [0.5, 0.6) is 11.5 Å². The van der Waals surface area contributed by atoms with E-state index >= 15 is 0 Å². The zero-order valence-electron chi connectivity index (χ0n) is 11.2. The predicted octanol–water partition coefficient (Wildman–Crippen LogP) is 1.15. The highest BCUT2D eigenvalue weighted by molar-refractivity contribution is 5.72. The van der Waals surface area contributed by atoms with Gasteiger partial charge in [-0.3, -0.25) is 15.0 Å². The van der Waals surface area contributed by atoms with Gasteiger partial charge in [-0.1, -0.05) is 0 Å². The van der Waals surface area contributed by atoms with E-state index in [1.165, 1.54) is 0 Å². The molecule has 0 atom stereocenters. The van der Waals surface area contributed by atoms with Crippen LogP contribution in [-0.4, -0.2) is 24.4 Å². The Hall–Kier alpha value is -2.21. The van der Waals surface area contributed by atoms with Gasteiger partial charge in [0, 0.05) is 12.1 Å². The fourth-order valence-electron chi connectivity index (χ4n) is 2.05. The molecule has 1 aromatic heterocycles. The van der Waals surface area contributed by atoms with Crippen molar-refractivity contribution in [1.29, 1.82) is 0 Å². The molecule has 0 saturated heterocycles. The van der Waals surface area contributed by atoms with E-state index in [1.54, 1.807) is 14.2 Å². The average Bonchev–Trinajstić information content (AvgIpc) is 2.79. The maximum atomic E-state index is 11.6. The number of aromatic amines is 2. The minimum atomic E-state index is -0.223. The lowest BCUT2D eigenvalue weighted by Gasteiger charge is -2.12. The second-order valence-electron chi connectivity index (χ2n) is 4.16. The fourth-order valence-corrected chi connectivity index (χ4v) is 2.05. The molecule has 0 spiro atoms. The van der Waals surface area contributed by atoms with Gasteiger partial charge in [0.05, 0.1) is 25.5 Å². The maximum absolute atomic E-state index is 11.6. The van der Waals surface area contributed by atoms with Crippen LogP contribution in [0.3, 0.4) is 0 Å². The summed E-state index contributed by atoms with van der Waals surface area (Å²) in [5.41, 5.74) is 8.20. The van der Waals surface area contributed by atoms with Gasteiger partial charge in [0.15, 0.2) is 0 Å². The summed E-state index contributed by atoms with van der Waals surface area (Å²) in [4.78, 5) is 11.6. The highest BCUT2D eigenvalue weighted by Crippen LogP contribution is 2.35. The molecule has 0 bridgehead atoms. The number of methoxy groups -OCH3 is 2. The van der Waals surface area contributed by atoms with Gasteiger partial charge in [-0.25, -0.2) is 0 Å². The minimum absolute atomic E-state index is 0.146. The molecule has 2 aromatic rings. The Morgan fingerprint density at radius 2 is 1.84 bits per heavy atom. The SMILES string of the molecule is COc1cc(-c2[nH][nH]c(=O)c2CN)c(OC)cc1C. The minimum Gasteiger partial charge on any atom is -0.496 e. The van der Waals surface area contributed by atoms with E-state index in [2.05, 4.69) is 10.2 Å². The third-order valence-corrected chi connectivity index (χ3v) is 3.07. The topological polar surface area (TPSA) is 93.1 Å². The molecule has 1 aromatic carbocycles. The van der Waals surface area contributed by atoms with E-state index < -0.39 is 0 Å². The number of H-pyrrole nitrogens is 2. The number of ether oxygens (including phenoxy) is 2. The number of nitrogens with two attached hydrogens (primary N) is 1. The second kappa shape index (κ2) is 5.19. The Labute approximate surface area is 110 Å². The first-order chi connectivity index (χ1) is 9.12. The molecule has 0 aliphatic heterocycles. The first-order valence-electron chi connectivity index (χ1n) is 5.85. The number of hydrogen-bond acceptors (Lipinski definition) is 4. The third kappa shape index (κ3) is 2.22. The number of benzene rings is 1. The summed E-state index contributed by atoms with van der Waals surface area (Å²) < 4.78 is 10.7. The molecule has 2 rings (SSSR count). The van der Waals surface area contributed by atoms with Crippen molar-refractivity contribution in [3.05, 3.63) is 33.6 Å². The molecule has 6 nitrogen and oxygen atoms in total. The van der Waals surface area contributed by atoms with Crippen molar-refractivity contribution >= 4 is 0 Å². The summed E-state index contributed by atoms with van der Waals surface area (Å²) in [7, 11) is 3.18. The second-order valence-corrected chi connectivity index (χ2v) is 4.16. The van der Waals surface area contributed by atoms with Gasteiger partial charge in [0.1, 0.15) is 11.5 Å². The number of aryl methyl sites for hydroxylation is 1. The lowest BCUT2D eigenvalue weighted by Crippen LogP contribution is -2.10. The smallest absolute Gasteiger partial charge is 0.269 e. The van der Waals surface area contributed by atoms with Crippen LogP contribution in [0, 0.1) is 6.92 Å². The third-order valence-electron chi connectivity index (χ3n) is 3.07. The normalized spacial score (nSPS) is 10.5. The monoisotopic (exact) mass is 263 g/mol. The zero-order valence-corrected chi connectivity index (χ0v) is 11.2. The summed E-state index contributed by atoms with van der Waals surface area (Å²) in [6, 6.07) is 3.69. The van der Waals surface area contributed by atoms with Gasteiger partial charge in [-0.05, 0) is 24.6 Å². The van der Waals surface area contributed by atoms with Crippen LogP contribution in [0.1, 0.15) is 11.1 Å². The highest BCUT2D eigenvalue weighted by Gasteiger charge is 2.16. The Morgan fingerprint density at radius 3 is 2.42 bits per heavy atom.